The van der Waals surface area contributed by atoms with Gasteiger partial charge >= 0.3 is 0 Å². The van der Waals surface area contributed by atoms with E-state index >= 15 is 0 Å². The van der Waals surface area contributed by atoms with Crippen molar-refractivity contribution in [2.75, 3.05) is 7.11 Å². The molecule has 0 radical (unpaired) electrons. The van der Waals surface area contributed by atoms with Crippen molar-refractivity contribution < 1.29 is 13.9 Å². The normalized spacial score (nSPS) is 10.3. The van der Waals surface area contributed by atoms with Gasteiger partial charge in [0.05, 0.1) is 7.11 Å². The summed E-state index contributed by atoms with van der Waals surface area (Å²) in [5.74, 6) is 0.648. The van der Waals surface area contributed by atoms with Gasteiger partial charge in [0.25, 0.3) is 0 Å². The number of aryl methyl sites for hydroxylation is 1. The van der Waals surface area contributed by atoms with Crippen LogP contribution in [0.3, 0.4) is 0 Å². The molecule has 0 unspecified atom stereocenters. The van der Waals surface area contributed by atoms with Crippen LogP contribution in [0.2, 0.25) is 0 Å². The van der Waals surface area contributed by atoms with Gasteiger partial charge in [-0.2, -0.15) is 0 Å². The number of rotatable bonds is 4. The van der Waals surface area contributed by atoms with Crippen LogP contribution in [0.15, 0.2) is 40.9 Å². The van der Waals surface area contributed by atoms with E-state index in [2.05, 4.69) is 15.9 Å². The van der Waals surface area contributed by atoms with Crippen molar-refractivity contribution in [2.45, 2.75) is 13.5 Å². The number of benzene rings is 2. The van der Waals surface area contributed by atoms with Crippen LogP contribution >= 0.6 is 15.9 Å². The predicted octanol–water partition coefficient (Wildman–Crippen LogP) is 4.48. The van der Waals surface area contributed by atoms with Gasteiger partial charge in [-0.1, -0.05) is 28.1 Å². The first-order chi connectivity index (χ1) is 9.11. The zero-order chi connectivity index (χ0) is 13.8. The largest absolute Gasteiger partial charge is 0.496 e. The van der Waals surface area contributed by atoms with Crippen molar-refractivity contribution in [3.63, 3.8) is 0 Å². The standard InChI is InChI=1S/C15H14BrFO2/c1-10-4-3-5-14(15(10)17)19-9-11-8-12(16)6-7-13(11)18-2/h3-8H,9H2,1-2H3. The summed E-state index contributed by atoms with van der Waals surface area (Å²) in [4.78, 5) is 0. The second-order valence-corrected chi connectivity index (χ2v) is 5.05. The van der Waals surface area contributed by atoms with Gasteiger partial charge in [-0.25, -0.2) is 4.39 Å². The average molecular weight is 325 g/mol. The lowest BCUT2D eigenvalue weighted by Crippen LogP contribution is -2.00. The van der Waals surface area contributed by atoms with Crippen LogP contribution in [-0.2, 0) is 6.61 Å². The second kappa shape index (κ2) is 6.06. The first kappa shape index (κ1) is 13.9. The molecule has 0 aliphatic heterocycles. The Kier molecular flexibility index (Phi) is 4.43. The van der Waals surface area contributed by atoms with Crippen molar-refractivity contribution in [1.29, 1.82) is 0 Å². The molecule has 0 aromatic heterocycles. The summed E-state index contributed by atoms with van der Waals surface area (Å²) in [7, 11) is 1.60. The van der Waals surface area contributed by atoms with Gasteiger partial charge < -0.3 is 9.47 Å². The molecule has 0 atom stereocenters. The molecule has 0 aliphatic rings. The molecule has 0 aliphatic carbocycles. The molecule has 0 fully saturated rings. The third-order valence-electron chi connectivity index (χ3n) is 2.78. The Morgan fingerprint density at radius 2 is 1.95 bits per heavy atom. The Balaban J connectivity index is 2.18. The molecule has 2 nitrogen and oxygen atoms in total. The highest BCUT2D eigenvalue weighted by molar-refractivity contribution is 9.10. The van der Waals surface area contributed by atoms with Gasteiger partial charge in [0, 0.05) is 10.0 Å². The molecule has 2 aromatic carbocycles. The summed E-state index contributed by atoms with van der Waals surface area (Å²) in [5.41, 5.74) is 1.43. The Hall–Kier alpha value is -1.55. The van der Waals surface area contributed by atoms with Gasteiger partial charge in [0.1, 0.15) is 12.4 Å². The molecule has 0 bridgehead atoms. The van der Waals surface area contributed by atoms with E-state index in [1.54, 1.807) is 32.2 Å². The second-order valence-electron chi connectivity index (χ2n) is 4.13. The fraction of sp³-hybridized carbons (Fsp3) is 0.200. The maximum absolute atomic E-state index is 13.8. The molecule has 0 heterocycles. The van der Waals surface area contributed by atoms with Crippen molar-refractivity contribution in [3.8, 4) is 11.5 Å². The summed E-state index contributed by atoms with van der Waals surface area (Å²) in [5, 5.41) is 0. The lowest BCUT2D eigenvalue weighted by atomic mass is 10.2. The Morgan fingerprint density at radius 3 is 2.68 bits per heavy atom. The minimum atomic E-state index is -0.323. The number of hydrogen-bond donors (Lipinski definition) is 0. The average Bonchev–Trinajstić information content (AvgIpc) is 2.40. The van der Waals surface area contributed by atoms with Crippen LogP contribution in [-0.4, -0.2) is 7.11 Å². The summed E-state index contributed by atoms with van der Waals surface area (Å²) < 4.78 is 25.5. The molecular weight excluding hydrogens is 311 g/mol. The first-order valence-electron chi connectivity index (χ1n) is 5.82. The summed E-state index contributed by atoms with van der Waals surface area (Å²) in [6.45, 7) is 1.96. The topological polar surface area (TPSA) is 18.5 Å². The van der Waals surface area contributed by atoms with Crippen LogP contribution in [0.25, 0.3) is 0 Å². The SMILES string of the molecule is COc1ccc(Br)cc1COc1cccc(C)c1F. The van der Waals surface area contributed by atoms with Gasteiger partial charge in [-0.15, -0.1) is 0 Å². The molecule has 2 aromatic rings. The Labute approximate surface area is 120 Å². The van der Waals surface area contributed by atoms with E-state index < -0.39 is 0 Å². The monoisotopic (exact) mass is 324 g/mol. The van der Waals surface area contributed by atoms with E-state index in [-0.39, 0.29) is 18.2 Å². The van der Waals surface area contributed by atoms with Crippen LogP contribution in [0.4, 0.5) is 4.39 Å². The molecular formula is C15H14BrFO2. The van der Waals surface area contributed by atoms with E-state index in [1.165, 1.54) is 0 Å². The summed E-state index contributed by atoms with van der Waals surface area (Å²) in [6, 6.07) is 10.7. The maximum Gasteiger partial charge on any atom is 0.167 e. The van der Waals surface area contributed by atoms with Gasteiger partial charge in [-0.3, -0.25) is 0 Å². The van der Waals surface area contributed by atoms with E-state index in [4.69, 9.17) is 9.47 Å². The van der Waals surface area contributed by atoms with Crippen LogP contribution in [0.5, 0.6) is 11.5 Å². The Morgan fingerprint density at radius 1 is 1.16 bits per heavy atom. The molecule has 2 rings (SSSR count). The molecule has 4 heteroatoms. The maximum atomic E-state index is 13.8. The molecule has 0 saturated carbocycles. The molecule has 0 amide bonds. The number of hydrogen-bond acceptors (Lipinski definition) is 2. The fourth-order valence-corrected chi connectivity index (χ4v) is 2.16. The first-order valence-corrected chi connectivity index (χ1v) is 6.61. The molecule has 100 valence electrons. The van der Waals surface area contributed by atoms with E-state index in [9.17, 15) is 4.39 Å². The lowest BCUT2D eigenvalue weighted by molar-refractivity contribution is 0.282. The smallest absolute Gasteiger partial charge is 0.167 e. The van der Waals surface area contributed by atoms with Gasteiger partial charge in [0.15, 0.2) is 11.6 Å². The minimum Gasteiger partial charge on any atom is -0.496 e. The summed E-state index contributed by atoms with van der Waals surface area (Å²) in [6.07, 6.45) is 0. The highest BCUT2D eigenvalue weighted by Crippen LogP contribution is 2.26. The van der Waals surface area contributed by atoms with Crippen molar-refractivity contribution in [2.24, 2.45) is 0 Å². The van der Waals surface area contributed by atoms with Gasteiger partial charge in [-0.05, 0) is 36.8 Å². The van der Waals surface area contributed by atoms with Crippen molar-refractivity contribution in [3.05, 3.63) is 57.8 Å². The van der Waals surface area contributed by atoms with E-state index in [0.717, 1.165) is 15.8 Å². The number of ether oxygens (including phenoxy) is 2. The third kappa shape index (κ3) is 3.26. The quantitative estimate of drug-likeness (QED) is 0.825. The summed E-state index contributed by atoms with van der Waals surface area (Å²) >= 11 is 3.39. The van der Waals surface area contributed by atoms with Gasteiger partial charge in [0.2, 0.25) is 0 Å². The molecule has 19 heavy (non-hydrogen) atoms. The van der Waals surface area contributed by atoms with Crippen LogP contribution in [0.1, 0.15) is 11.1 Å². The van der Waals surface area contributed by atoms with Crippen molar-refractivity contribution >= 4 is 15.9 Å². The highest BCUT2D eigenvalue weighted by Gasteiger charge is 2.08. The number of halogens is 2. The number of methoxy groups -OCH3 is 1. The van der Waals surface area contributed by atoms with Crippen molar-refractivity contribution in [1.82, 2.24) is 0 Å². The molecule has 0 N–H and O–H groups in total. The molecule has 0 spiro atoms. The minimum absolute atomic E-state index is 0.252. The lowest BCUT2D eigenvalue weighted by Gasteiger charge is -2.12. The third-order valence-corrected chi connectivity index (χ3v) is 3.28. The fourth-order valence-electron chi connectivity index (χ4n) is 1.75. The highest BCUT2D eigenvalue weighted by atomic mass is 79.9. The van der Waals surface area contributed by atoms with Crippen LogP contribution < -0.4 is 9.47 Å². The predicted molar refractivity (Wildman–Crippen MR) is 76.2 cm³/mol. The van der Waals surface area contributed by atoms with Crippen LogP contribution in [0, 0.1) is 12.7 Å². The van der Waals surface area contributed by atoms with E-state index in [0.29, 0.717) is 5.56 Å². The zero-order valence-electron chi connectivity index (χ0n) is 10.7. The molecule has 0 saturated heterocycles. The zero-order valence-corrected chi connectivity index (χ0v) is 12.3. The van der Waals surface area contributed by atoms with E-state index in [1.807, 2.05) is 18.2 Å². The Bertz CT molecular complexity index is 584.